The lowest BCUT2D eigenvalue weighted by molar-refractivity contribution is -0.185. The molecule has 3 aliphatic heterocycles. The van der Waals surface area contributed by atoms with Gasteiger partial charge in [-0.3, -0.25) is 4.90 Å². The normalized spacial score (nSPS) is 23.6. The highest BCUT2D eigenvalue weighted by Gasteiger charge is 2.58. The summed E-state index contributed by atoms with van der Waals surface area (Å²) in [5.41, 5.74) is -1.18. The Morgan fingerprint density at radius 3 is 1.73 bits per heavy atom. The first-order valence-electron chi connectivity index (χ1n) is 10.7. The van der Waals surface area contributed by atoms with E-state index in [1.807, 2.05) is 4.90 Å². The van der Waals surface area contributed by atoms with E-state index in [1.54, 1.807) is 0 Å². The summed E-state index contributed by atoms with van der Waals surface area (Å²) in [4.78, 5) is 27.9. The van der Waals surface area contributed by atoms with E-state index < -0.39 is 5.54 Å². The molecule has 150 valence electrons. The molecule has 5 nitrogen and oxygen atoms in total. The molecular weight excluding hydrogens is 330 g/mol. The van der Waals surface area contributed by atoms with Crippen molar-refractivity contribution in [3.05, 3.63) is 0 Å². The second-order valence-corrected chi connectivity index (χ2v) is 7.89. The van der Waals surface area contributed by atoms with Gasteiger partial charge in [-0.25, -0.2) is 9.59 Å². The summed E-state index contributed by atoms with van der Waals surface area (Å²) in [7, 11) is 0. The van der Waals surface area contributed by atoms with Gasteiger partial charge in [0.15, 0.2) is 0 Å². The Balaban J connectivity index is 1.94. The van der Waals surface area contributed by atoms with E-state index >= 15 is 0 Å². The van der Waals surface area contributed by atoms with Crippen LogP contribution in [-0.2, 0) is 19.1 Å². The van der Waals surface area contributed by atoms with Gasteiger partial charge in [0.1, 0.15) is 0 Å². The maximum Gasteiger partial charge on any atom is 0.338 e. The monoisotopic (exact) mass is 367 g/mol. The molecule has 0 aromatic carbocycles. The number of hydrogen-bond acceptors (Lipinski definition) is 5. The molecular formula is C21H37NO4. The topological polar surface area (TPSA) is 55.8 Å². The van der Waals surface area contributed by atoms with Crippen molar-refractivity contribution < 1.29 is 19.1 Å². The van der Waals surface area contributed by atoms with E-state index in [4.69, 9.17) is 9.47 Å². The van der Waals surface area contributed by atoms with Crippen molar-refractivity contribution in [1.82, 2.24) is 4.90 Å². The fraction of sp³-hybridized carbons (Fsp3) is 0.905. The number of unbranched alkanes of at least 4 members (excludes halogenated alkanes) is 6. The average Bonchev–Trinajstić information content (AvgIpc) is 2.68. The minimum atomic E-state index is -1.18. The quantitative estimate of drug-likeness (QED) is 0.295. The van der Waals surface area contributed by atoms with Crippen molar-refractivity contribution >= 4 is 11.9 Å². The van der Waals surface area contributed by atoms with E-state index in [0.717, 1.165) is 77.3 Å². The highest BCUT2D eigenvalue weighted by Crippen LogP contribution is 2.41. The molecule has 3 aliphatic rings. The summed E-state index contributed by atoms with van der Waals surface area (Å²) in [6.45, 7) is 6.71. The van der Waals surface area contributed by atoms with Gasteiger partial charge in [0.25, 0.3) is 0 Å². The molecule has 2 bridgehead atoms. The van der Waals surface area contributed by atoms with Gasteiger partial charge in [0.2, 0.25) is 5.54 Å². The number of nitrogens with zero attached hydrogens (tertiary/aromatic N) is 1. The van der Waals surface area contributed by atoms with E-state index in [-0.39, 0.29) is 11.9 Å². The Morgan fingerprint density at radius 2 is 1.35 bits per heavy atom. The zero-order valence-corrected chi connectivity index (χ0v) is 16.8. The minimum Gasteiger partial charge on any atom is -0.464 e. The summed E-state index contributed by atoms with van der Waals surface area (Å²) in [6.07, 6.45) is 11.1. The standard InChI is InChI=1S/C21H37NO4/c1-3-5-7-9-15-25-19(23)21(17-18-11-13-22(21)14-12-18)20(24)26-16-10-8-6-4-2/h18H,3-17H2,1-2H3. The highest BCUT2D eigenvalue weighted by atomic mass is 16.6. The van der Waals surface area contributed by atoms with Crippen molar-refractivity contribution in [2.24, 2.45) is 5.92 Å². The van der Waals surface area contributed by atoms with Gasteiger partial charge < -0.3 is 9.47 Å². The van der Waals surface area contributed by atoms with Crippen molar-refractivity contribution in [2.45, 2.75) is 90.0 Å². The molecule has 3 fully saturated rings. The molecule has 0 saturated carbocycles. The van der Waals surface area contributed by atoms with Crippen LogP contribution in [0.3, 0.4) is 0 Å². The molecule has 3 saturated heterocycles. The summed E-state index contributed by atoms with van der Waals surface area (Å²) in [5.74, 6) is -0.325. The van der Waals surface area contributed by atoms with Crippen molar-refractivity contribution in [3.8, 4) is 0 Å². The van der Waals surface area contributed by atoms with Gasteiger partial charge in [-0.05, 0) is 38.0 Å². The average molecular weight is 368 g/mol. The number of ether oxygens (including phenoxy) is 2. The van der Waals surface area contributed by atoms with E-state index in [2.05, 4.69) is 13.8 Å². The summed E-state index contributed by atoms with van der Waals surface area (Å²) < 4.78 is 11.1. The number of esters is 2. The molecule has 3 rings (SSSR count). The largest absolute Gasteiger partial charge is 0.464 e. The van der Waals surface area contributed by atoms with Gasteiger partial charge in [-0.15, -0.1) is 0 Å². The van der Waals surface area contributed by atoms with Crippen molar-refractivity contribution in [2.75, 3.05) is 26.3 Å². The van der Waals surface area contributed by atoms with Crippen LogP contribution in [0.1, 0.15) is 84.5 Å². The van der Waals surface area contributed by atoms with Gasteiger partial charge in [-0.1, -0.05) is 52.4 Å². The molecule has 0 aliphatic carbocycles. The third-order valence-electron chi connectivity index (χ3n) is 5.88. The van der Waals surface area contributed by atoms with Crippen LogP contribution < -0.4 is 0 Å². The Labute approximate surface area is 158 Å². The maximum absolute atomic E-state index is 13.0. The van der Waals surface area contributed by atoms with Crippen LogP contribution in [0.15, 0.2) is 0 Å². The molecule has 0 amide bonds. The second kappa shape index (κ2) is 10.9. The molecule has 5 heteroatoms. The third-order valence-corrected chi connectivity index (χ3v) is 5.88. The molecule has 0 atom stereocenters. The lowest BCUT2D eigenvalue weighted by Crippen LogP contribution is -2.67. The zero-order valence-electron chi connectivity index (χ0n) is 16.8. The lowest BCUT2D eigenvalue weighted by atomic mass is 9.74. The van der Waals surface area contributed by atoms with Gasteiger partial charge in [-0.2, -0.15) is 0 Å². The maximum atomic E-state index is 13.0. The smallest absolute Gasteiger partial charge is 0.338 e. The number of rotatable bonds is 12. The lowest BCUT2D eigenvalue weighted by Gasteiger charge is -2.50. The predicted molar refractivity (Wildman–Crippen MR) is 102 cm³/mol. The number of fused-ring (bicyclic) bond motifs is 3. The van der Waals surface area contributed by atoms with Crippen LogP contribution in [0, 0.1) is 5.92 Å². The van der Waals surface area contributed by atoms with Crippen molar-refractivity contribution in [3.63, 3.8) is 0 Å². The minimum absolute atomic E-state index is 0.378. The zero-order chi connectivity index (χ0) is 18.8. The van der Waals surface area contributed by atoms with Crippen LogP contribution in [0.2, 0.25) is 0 Å². The van der Waals surface area contributed by atoms with E-state index in [9.17, 15) is 9.59 Å². The number of hydrogen-bond donors (Lipinski definition) is 0. The fourth-order valence-corrected chi connectivity index (χ4v) is 4.20. The predicted octanol–water partition coefficient (Wildman–Crippen LogP) is 4.09. The van der Waals surface area contributed by atoms with Crippen LogP contribution in [0.4, 0.5) is 0 Å². The van der Waals surface area contributed by atoms with Gasteiger partial charge >= 0.3 is 11.9 Å². The molecule has 0 N–H and O–H groups in total. The fourth-order valence-electron chi connectivity index (χ4n) is 4.20. The van der Waals surface area contributed by atoms with Crippen LogP contribution in [-0.4, -0.2) is 48.7 Å². The molecule has 26 heavy (non-hydrogen) atoms. The Morgan fingerprint density at radius 1 is 0.846 bits per heavy atom. The molecule has 0 radical (unpaired) electrons. The Hall–Kier alpha value is -1.10. The van der Waals surface area contributed by atoms with E-state index in [1.165, 1.54) is 0 Å². The molecule has 3 heterocycles. The number of carbonyl (C=O) groups is 2. The van der Waals surface area contributed by atoms with E-state index in [0.29, 0.717) is 25.6 Å². The second-order valence-electron chi connectivity index (χ2n) is 7.89. The Bertz CT molecular complexity index is 417. The summed E-state index contributed by atoms with van der Waals surface area (Å²) in [5, 5.41) is 0. The SMILES string of the molecule is CCCCCCOC(=O)C1(C(=O)OCCCCCC)CC2CCN1CC2. The first-order valence-corrected chi connectivity index (χ1v) is 10.7. The number of piperidine rings is 3. The first-order chi connectivity index (χ1) is 12.6. The molecule has 0 spiro atoms. The van der Waals surface area contributed by atoms with Gasteiger partial charge in [0, 0.05) is 13.1 Å². The van der Waals surface area contributed by atoms with Crippen molar-refractivity contribution in [1.29, 1.82) is 0 Å². The number of carbonyl (C=O) groups excluding carboxylic acids is 2. The Kier molecular flexibility index (Phi) is 8.89. The van der Waals surface area contributed by atoms with Crippen LogP contribution in [0.25, 0.3) is 0 Å². The summed E-state index contributed by atoms with van der Waals surface area (Å²) in [6, 6.07) is 0. The highest BCUT2D eigenvalue weighted by molar-refractivity contribution is 6.05. The van der Waals surface area contributed by atoms with Crippen LogP contribution in [0.5, 0.6) is 0 Å². The van der Waals surface area contributed by atoms with Gasteiger partial charge in [0.05, 0.1) is 13.2 Å². The molecule has 0 unspecified atom stereocenters. The molecule has 0 aromatic rings. The summed E-state index contributed by atoms with van der Waals surface area (Å²) >= 11 is 0. The molecule has 0 aromatic heterocycles. The van der Waals surface area contributed by atoms with Crippen LogP contribution >= 0.6 is 0 Å². The first kappa shape index (κ1) is 21.2. The third kappa shape index (κ3) is 5.21.